The van der Waals surface area contributed by atoms with Gasteiger partial charge in [0.15, 0.2) is 17.5 Å². The largest absolute Gasteiger partial charge is 0.309 e. The van der Waals surface area contributed by atoms with Crippen LogP contribution in [0.2, 0.25) is 0 Å². The summed E-state index contributed by atoms with van der Waals surface area (Å²) < 4.78 is 5.04. The molecule has 0 bridgehead atoms. The molecule has 294 valence electrons. The summed E-state index contributed by atoms with van der Waals surface area (Å²) in [6, 6.07) is 68.1. The number of hydrogen-bond acceptors (Lipinski definition) is 3. The van der Waals surface area contributed by atoms with Gasteiger partial charge in [-0.15, -0.1) is 0 Å². The quantitative estimate of drug-likeness (QED) is 0.178. The van der Waals surface area contributed by atoms with Crippen LogP contribution in [0.3, 0.4) is 0 Å². The zero-order valence-corrected chi connectivity index (χ0v) is 34.6. The summed E-state index contributed by atoms with van der Waals surface area (Å²) in [7, 11) is 0. The fraction of sp³-hybridized carbons (Fsp3) is 0.0517. The molecule has 0 aliphatic heterocycles. The molecule has 63 heavy (non-hydrogen) atoms. The molecule has 14 rings (SSSR count). The van der Waals surface area contributed by atoms with Crippen molar-refractivity contribution in [1.29, 1.82) is 0 Å². The molecule has 0 amide bonds. The van der Waals surface area contributed by atoms with Crippen LogP contribution >= 0.6 is 0 Å². The second kappa shape index (κ2) is 12.5. The molecular formula is C58H37N5. The van der Waals surface area contributed by atoms with E-state index in [1.165, 1.54) is 92.9 Å². The molecule has 1 aliphatic rings. The van der Waals surface area contributed by atoms with Crippen LogP contribution in [-0.2, 0) is 5.41 Å². The van der Waals surface area contributed by atoms with Crippen molar-refractivity contribution in [2.45, 2.75) is 19.3 Å². The van der Waals surface area contributed by atoms with Crippen molar-refractivity contribution in [3.63, 3.8) is 0 Å². The van der Waals surface area contributed by atoms with E-state index in [4.69, 9.17) is 15.0 Å². The van der Waals surface area contributed by atoms with Gasteiger partial charge in [0.1, 0.15) is 0 Å². The standard InChI is InChI=1S/C58H37N5/c1-58(2)46-26-13-11-23-41(46)52-48(29-28-42(53(52)58)57-60-55(34-16-5-3-6-17-34)59-56(61-57)35-18-7-4-8-19-35)62-49-31-37-21-10-9-20-36(37)30-43(49)45-32-44-40-25-15-24-39-38-22-12-14-27-47(38)63(54(39)40)51(44)33-50(45)62/h3-33H,1-2H3. The van der Waals surface area contributed by atoms with E-state index < -0.39 is 0 Å². The van der Waals surface area contributed by atoms with Crippen LogP contribution in [-0.4, -0.2) is 23.9 Å². The van der Waals surface area contributed by atoms with Crippen molar-refractivity contribution in [2.75, 3.05) is 0 Å². The summed E-state index contributed by atoms with van der Waals surface area (Å²) in [6.07, 6.45) is 0. The molecule has 0 saturated carbocycles. The molecule has 1 aliphatic carbocycles. The van der Waals surface area contributed by atoms with Gasteiger partial charge in [-0.3, -0.25) is 0 Å². The Hall–Kier alpha value is -8.15. The minimum Gasteiger partial charge on any atom is -0.309 e. The number of fused-ring (bicyclic) bond motifs is 13. The van der Waals surface area contributed by atoms with Crippen LogP contribution in [0.4, 0.5) is 0 Å². The third-order valence-electron chi connectivity index (χ3n) is 13.8. The second-order valence-corrected chi connectivity index (χ2v) is 17.6. The number of aromatic nitrogens is 5. The summed E-state index contributed by atoms with van der Waals surface area (Å²) in [5, 5.41) is 10.0. The van der Waals surface area contributed by atoms with Crippen LogP contribution in [0.1, 0.15) is 25.0 Å². The van der Waals surface area contributed by atoms with Crippen molar-refractivity contribution in [3.8, 4) is 51.0 Å². The molecule has 0 spiro atoms. The van der Waals surface area contributed by atoms with Gasteiger partial charge in [-0.25, -0.2) is 15.0 Å². The molecule has 0 fully saturated rings. The molecular weight excluding hydrogens is 767 g/mol. The van der Waals surface area contributed by atoms with Gasteiger partial charge < -0.3 is 8.97 Å². The van der Waals surface area contributed by atoms with E-state index in [2.05, 4.69) is 174 Å². The highest BCUT2D eigenvalue weighted by Crippen LogP contribution is 2.55. The van der Waals surface area contributed by atoms with E-state index in [-0.39, 0.29) is 5.41 Å². The third kappa shape index (κ3) is 4.68. The SMILES string of the molecule is CC1(C)c2ccccc2-c2c(-n3c4cc5ccccc5cc4c4cc5c6cccc7c8ccccc8n(c5cc43)c76)ccc(-c3nc(-c4ccccc4)nc(-c4ccccc4)n3)c21. The first kappa shape index (κ1) is 34.6. The zero-order valence-electron chi connectivity index (χ0n) is 34.6. The van der Waals surface area contributed by atoms with Gasteiger partial charge in [0.2, 0.25) is 0 Å². The third-order valence-corrected chi connectivity index (χ3v) is 13.8. The first-order chi connectivity index (χ1) is 31.0. The highest BCUT2D eigenvalue weighted by atomic mass is 15.0. The summed E-state index contributed by atoms with van der Waals surface area (Å²) in [4.78, 5) is 15.7. The van der Waals surface area contributed by atoms with Crippen LogP contribution < -0.4 is 0 Å². The number of nitrogens with zero attached hydrogens (tertiary/aromatic N) is 5. The molecule has 4 aromatic heterocycles. The topological polar surface area (TPSA) is 48.0 Å². The Morgan fingerprint density at radius 2 is 0.968 bits per heavy atom. The molecule has 0 radical (unpaired) electrons. The number of hydrogen-bond donors (Lipinski definition) is 0. The van der Waals surface area contributed by atoms with Crippen LogP contribution in [0, 0.1) is 0 Å². The Morgan fingerprint density at radius 1 is 0.397 bits per heavy atom. The Morgan fingerprint density at radius 3 is 1.73 bits per heavy atom. The molecule has 9 aromatic carbocycles. The highest BCUT2D eigenvalue weighted by Gasteiger charge is 2.40. The van der Waals surface area contributed by atoms with E-state index in [1.807, 2.05) is 36.4 Å². The molecule has 0 saturated heterocycles. The van der Waals surface area contributed by atoms with Crippen molar-refractivity contribution in [3.05, 3.63) is 199 Å². The van der Waals surface area contributed by atoms with Crippen LogP contribution in [0.15, 0.2) is 188 Å². The van der Waals surface area contributed by atoms with E-state index >= 15 is 0 Å². The van der Waals surface area contributed by atoms with Crippen molar-refractivity contribution in [2.24, 2.45) is 0 Å². The van der Waals surface area contributed by atoms with Gasteiger partial charge in [-0.2, -0.15) is 0 Å². The maximum atomic E-state index is 5.30. The monoisotopic (exact) mass is 803 g/mol. The summed E-state index contributed by atoms with van der Waals surface area (Å²) in [5.41, 5.74) is 14.7. The van der Waals surface area contributed by atoms with Crippen molar-refractivity contribution >= 4 is 70.7 Å². The number of benzene rings is 9. The van der Waals surface area contributed by atoms with Crippen molar-refractivity contribution in [1.82, 2.24) is 23.9 Å². The Kier molecular flexibility index (Phi) is 6.84. The lowest BCUT2D eigenvalue weighted by molar-refractivity contribution is 0.661. The Bertz CT molecular complexity index is 3990. The van der Waals surface area contributed by atoms with Crippen LogP contribution in [0.5, 0.6) is 0 Å². The van der Waals surface area contributed by atoms with Crippen molar-refractivity contribution < 1.29 is 0 Å². The lowest BCUT2D eigenvalue weighted by atomic mass is 9.79. The lowest BCUT2D eigenvalue weighted by Gasteiger charge is -2.25. The van der Waals surface area contributed by atoms with Gasteiger partial charge in [0.25, 0.3) is 0 Å². The van der Waals surface area contributed by atoms with Gasteiger partial charge in [-0.05, 0) is 69.9 Å². The molecule has 0 unspecified atom stereocenters. The van der Waals surface area contributed by atoms with E-state index in [1.54, 1.807) is 0 Å². The minimum absolute atomic E-state index is 0.367. The first-order valence-electron chi connectivity index (χ1n) is 21.7. The van der Waals surface area contributed by atoms with Gasteiger partial charge in [-0.1, -0.05) is 159 Å². The number of rotatable bonds is 4. The molecule has 0 N–H and O–H groups in total. The maximum absolute atomic E-state index is 5.30. The zero-order chi connectivity index (χ0) is 41.6. The average molecular weight is 804 g/mol. The summed E-state index contributed by atoms with van der Waals surface area (Å²) in [6.45, 7) is 4.71. The Balaban J connectivity index is 1.12. The highest BCUT2D eigenvalue weighted by molar-refractivity contribution is 6.26. The van der Waals surface area contributed by atoms with Gasteiger partial charge in [0.05, 0.1) is 33.3 Å². The lowest BCUT2D eigenvalue weighted by Crippen LogP contribution is -2.17. The average Bonchev–Trinajstić information content (AvgIpc) is 4.03. The molecule has 13 aromatic rings. The summed E-state index contributed by atoms with van der Waals surface area (Å²) in [5.74, 6) is 1.97. The number of para-hydroxylation sites is 2. The molecule has 5 heteroatoms. The molecule has 4 heterocycles. The first-order valence-corrected chi connectivity index (χ1v) is 21.7. The summed E-state index contributed by atoms with van der Waals surface area (Å²) >= 11 is 0. The maximum Gasteiger partial charge on any atom is 0.164 e. The second-order valence-electron chi connectivity index (χ2n) is 17.6. The predicted octanol–water partition coefficient (Wildman–Crippen LogP) is 14.6. The normalized spacial score (nSPS) is 13.4. The fourth-order valence-electron chi connectivity index (χ4n) is 11.1. The van der Waals surface area contributed by atoms with Gasteiger partial charge >= 0.3 is 0 Å². The molecule has 5 nitrogen and oxygen atoms in total. The minimum atomic E-state index is -0.367. The smallest absolute Gasteiger partial charge is 0.164 e. The van der Waals surface area contributed by atoms with E-state index in [0.717, 1.165) is 22.4 Å². The molecule has 0 atom stereocenters. The van der Waals surface area contributed by atoms with Crippen LogP contribution in [0.25, 0.3) is 122 Å². The fourth-order valence-corrected chi connectivity index (χ4v) is 11.1. The Labute approximate surface area is 362 Å². The van der Waals surface area contributed by atoms with E-state index in [0.29, 0.717) is 17.5 Å². The van der Waals surface area contributed by atoms with Gasteiger partial charge in [0, 0.05) is 60.0 Å². The predicted molar refractivity (Wildman–Crippen MR) is 260 cm³/mol. The van der Waals surface area contributed by atoms with E-state index in [9.17, 15) is 0 Å².